The molecule has 1 N–H and O–H groups in total. The molecule has 0 fully saturated rings. The number of phenols is 1. The van der Waals surface area contributed by atoms with Crippen molar-refractivity contribution >= 4 is 55.6 Å². The van der Waals surface area contributed by atoms with Gasteiger partial charge in [-0.05, 0) is 146 Å². The molecule has 1 aliphatic rings. The summed E-state index contributed by atoms with van der Waals surface area (Å²) in [7, 11) is 0. The van der Waals surface area contributed by atoms with Crippen molar-refractivity contribution < 1.29 is 5.11 Å². The average Bonchev–Trinajstić information content (AvgIpc) is 3.78. The Morgan fingerprint density at radius 1 is 0.697 bits per heavy atom. The van der Waals surface area contributed by atoms with Crippen molar-refractivity contribution in [1.29, 1.82) is 0 Å². The molecule has 0 aliphatic carbocycles. The molecule has 0 saturated heterocycles. The van der Waals surface area contributed by atoms with Gasteiger partial charge in [-0.3, -0.25) is 9.55 Å². The maximum Gasteiger partial charge on any atom is 0.247 e. The quantitative estimate of drug-likeness (QED) is 0.162. The van der Waals surface area contributed by atoms with Crippen LogP contribution < -0.4 is 16.4 Å². The maximum atomic E-state index is 12.0. The van der Waals surface area contributed by atoms with Crippen molar-refractivity contribution in [2.24, 2.45) is 5.41 Å². The van der Waals surface area contributed by atoms with Gasteiger partial charge in [0.1, 0.15) is 11.6 Å². The summed E-state index contributed by atoms with van der Waals surface area (Å²) in [4.78, 5) is 12.4. The fourth-order valence-electron chi connectivity index (χ4n) is 10.5. The third-order valence-corrected chi connectivity index (χ3v) is 15.3. The van der Waals surface area contributed by atoms with Crippen LogP contribution in [0.3, 0.4) is 0 Å². The number of benzene rings is 5. The largest absolute Gasteiger partial charge is 0.507 e. The molecule has 0 bridgehead atoms. The van der Waals surface area contributed by atoms with E-state index in [9.17, 15) is 5.11 Å². The zero-order chi connectivity index (χ0) is 47.5. The second kappa shape index (κ2) is 16.1. The van der Waals surface area contributed by atoms with E-state index >= 15 is 0 Å². The molecule has 8 aromatic rings. The Morgan fingerprint density at radius 3 is 2.00 bits per heavy atom. The molecular weight excluding hydrogens is 822 g/mol. The molecule has 4 nitrogen and oxygen atoms in total. The predicted octanol–water partition coefficient (Wildman–Crippen LogP) is 14.5. The van der Waals surface area contributed by atoms with Gasteiger partial charge in [0.05, 0.1) is 27.0 Å². The first kappa shape index (κ1) is 45.7. The molecule has 0 amide bonds. The number of aryl methyl sites for hydroxylation is 3. The summed E-state index contributed by atoms with van der Waals surface area (Å²) in [5.74, 6) is 1.67. The average molecular weight is 890 g/mol. The van der Waals surface area contributed by atoms with E-state index in [1.165, 1.54) is 59.2 Å². The zero-order valence-electron chi connectivity index (χ0n) is 42.3. The number of nitrogens with zero attached hydrogens (tertiary/aromatic N) is 3. The van der Waals surface area contributed by atoms with Gasteiger partial charge in [0.25, 0.3) is 0 Å². The molecule has 9 rings (SSSR count). The molecule has 3 aromatic heterocycles. The molecule has 0 spiro atoms. The lowest BCUT2D eigenvalue weighted by molar-refractivity contribution is 0.414. The van der Waals surface area contributed by atoms with E-state index in [2.05, 4.69) is 193 Å². The van der Waals surface area contributed by atoms with Crippen LogP contribution in [-0.2, 0) is 17.3 Å². The van der Waals surface area contributed by atoms with Crippen LogP contribution in [-0.4, -0.2) is 26.4 Å². The lowest BCUT2D eigenvalue weighted by Gasteiger charge is -2.33. The van der Waals surface area contributed by atoms with Gasteiger partial charge in [-0.1, -0.05) is 150 Å². The second-order valence-electron chi connectivity index (χ2n) is 23.2. The van der Waals surface area contributed by atoms with Gasteiger partial charge in [-0.25, -0.2) is 4.98 Å². The molecule has 1 aliphatic heterocycles. The Labute approximate surface area is 398 Å². The summed E-state index contributed by atoms with van der Waals surface area (Å²) < 4.78 is 3.63. The van der Waals surface area contributed by atoms with E-state index in [4.69, 9.17) is 9.97 Å². The number of hydrogen-bond acceptors (Lipinski definition) is 4. The highest BCUT2D eigenvalue weighted by atomic mass is 32.1. The fraction of sp³-hybridized carbons (Fsp3) is 0.367. The highest BCUT2D eigenvalue weighted by Crippen LogP contribution is 2.44. The molecule has 6 heteroatoms. The van der Waals surface area contributed by atoms with Crippen LogP contribution in [0.1, 0.15) is 146 Å². The third-order valence-electron chi connectivity index (χ3n) is 14.0. The number of aromatic hydroxyl groups is 1. The van der Waals surface area contributed by atoms with Gasteiger partial charge in [-0.2, -0.15) is 0 Å². The summed E-state index contributed by atoms with van der Waals surface area (Å²) in [5, 5.41) is 13.3. The Morgan fingerprint density at radius 2 is 1.36 bits per heavy atom. The van der Waals surface area contributed by atoms with Gasteiger partial charge in [-0.15, -0.1) is 11.3 Å². The smallest absolute Gasteiger partial charge is 0.247 e. The monoisotopic (exact) mass is 890 g/mol. The molecule has 338 valence electrons. The summed E-state index contributed by atoms with van der Waals surface area (Å²) >= 11 is 1.91. The topological polar surface area (TPSA) is 50.9 Å². The van der Waals surface area contributed by atoms with Gasteiger partial charge in [0, 0.05) is 27.9 Å². The summed E-state index contributed by atoms with van der Waals surface area (Å²) in [6, 6.07) is 32.3. The number of pyridine rings is 1. The van der Waals surface area contributed by atoms with Crippen LogP contribution in [0, 0.1) is 26.2 Å². The van der Waals surface area contributed by atoms with E-state index < -0.39 is 0 Å². The first-order valence-corrected chi connectivity index (χ1v) is 24.9. The minimum absolute atomic E-state index is 0.0395. The van der Waals surface area contributed by atoms with Gasteiger partial charge in [0.15, 0.2) is 0 Å². The summed E-state index contributed by atoms with van der Waals surface area (Å²) in [5.41, 5.74) is 20.7. The van der Waals surface area contributed by atoms with Crippen LogP contribution in [0.15, 0.2) is 91.1 Å². The molecule has 0 atom stereocenters. The molecule has 0 unspecified atom stereocenters. The van der Waals surface area contributed by atoms with Crippen molar-refractivity contribution in [3.8, 4) is 45.2 Å². The number of fused-ring (bicyclic) bond motifs is 3. The number of hydrogen-bond donors (Lipinski definition) is 1. The Hall–Kier alpha value is -5.46. The van der Waals surface area contributed by atoms with Crippen molar-refractivity contribution in [2.45, 2.75) is 140 Å². The highest BCUT2D eigenvalue weighted by molar-refractivity contribution is 7.19. The lowest BCUT2D eigenvalue weighted by atomic mass is 9.33. The lowest BCUT2D eigenvalue weighted by Crippen LogP contribution is -2.58. The molecular formula is C60H68BN3OS. The van der Waals surface area contributed by atoms with E-state index in [1.807, 2.05) is 24.5 Å². The first-order valence-electron chi connectivity index (χ1n) is 24.1. The Balaban J connectivity index is 1.41. The third kappa shape index (κ3) is 7.81. The zero-order valence-corrected chi connectivity index (χ0v) is 43.1. The number of imidazole rings is 1. The maximum absolute atomic E-state index is 12.0. The number of thiophene rings is 1. The van der Waals surface area contributed by atoms with E-state index in [0.29, 0.717) is 11.8 Å². The van der Waals surface area contributed by atoms with Gasteiger partial charge < -0.3 is 5.11 Å². The van der Waals surface area contributed by atoms with Crippen LogP contribution in [0.25, 0.3) is 60.6 Å². The first-order chi connectivity index (χ1) is 30.9. The Kier molecular flexibility index (Phi) is 11.2. The van der Waals surface area contributed by atoms with Crippen LogP contribution in [0.4, 0.5) is 0 Å². The van der Waals surface area contributed by atoms with Gasteiger partial charge in [0.2, 0.25) is 6.71 Å². The number of aromatic nitrogens is 3. The minimum atomic E-state index is -0.135. The van der Waals surface area contributed by atoms with E-state index in [1.54, 1.807) is 0 Å². The van der Waals surface area contributed by atoms with Crippen molar-refractivity contribution in [2.75, 3.05) is 0 Å². The van der Waals surface area contributed by atoms with E-state index in [0.717, 1.165) is 68.0 Å². The van der Waals surface area contributed by atoms with Crippen LogP contribution in [0.2, 0.25) is 0 Å². The molecule has 0 radical (unpaired) electrons. The van der Waals surface area contributed by atoms with Crippen molar-refractivity contribution in [3.63, 3.8) is 0 Å². The standard InChI is InChI=1S/C60H68BN3OS/c1-33(2)42-18-17-19-43(34(3)4)51(42)61-47-22-21-45(38-28-39(30-41(29-38)60(14,15)16)52-56-44(24-25-62-52)37(7)50(66-56)32-58(8,9)10)53-54(47)64(49-23-20-40(31-48(49)61)59(11,12)13)57(63-53)46-27-35(5)26-36(6)55(46)65/h17-31,33-34,65H,32H2,1-16H3. The van der Waals surface area contributed by atoms with Crippen LogP contribution >= 0.6 is 11.3 Å². The number of rotatable bonds is 7. The fourth-order valence-corrected chi connectivity index (χ4v) is 12.1. The van der Waals surface area contributed by atoms with Crippen molar-refractivity contribution in [1.82, 2.24) is 14.5 Å². The van der Waals surface area contributed by atoms with Crippen LogP contribution in [0.5, 0.6) is 5.75 Å². The molecule has 4 heterocycles. The highest BCUT2D eigenvalue weighted by Gasteiger charge is 2.39. The van der Waals surface area contributed by atoms with Gasteiger partial charge >= 0.3 is 0 Å². The predicted molar refractivity (Wildman–Crippen MR) is 286 cm³/mol. The second-order valence-corrected chi connectivity index (χ2v) is 24.3. The minimum Gasteiger partial charge on any atom is -0.507 e. The van der Waals surface area contributed by atoms with E-state index in [-0.39, 0.29) is 28.7 Å². The molecule has 5 aromatic carbocycles. The SMILES string of the molecule is Cc1cc(C)c(O)c(-c2nc3c(-c4cc(-c5nccc6c(C)c(CC(C)(C)C)sc56)cc(C(C)(C)C)c4)ccc4c3n2-c2ccc(C(C)(C)C)cc2B4c2c(C(C)C)cccc2C(C)C)c1. The number of phenolic OH excluding ortho intramolecular Hbond substituents is 1. The van der Waals surface area contributed by atoms with Crippen molar-refractivity contribution in [3.05, 3.63) is 135 Å². The Bertz CT molecular complexity index is 3210. The normalized spacial score (nSPS) is 13.2. The molecule has 66 heavy (non-hydrogen) atoms. The molecule has 0 saturated carbocycles. The summed E-state index contributed by atoms with van der Waals surface area (Å²) in [6.07, 6.45) is 3.02. The summed E-state index contributed by atoms with van der Waals surface area (Å²) in [6.45, 7) is 36.5.